The van der Waals surface area contributed by atoms with Gasteiger partial charge in [-0.3, -0.25) is 4.68 Å². The van der Waals surface area contributed by atoms with Crippen LogP contribution >= 0.6 is 0 Å². The van der Waals surface area contributed by atoms with E-state index in [0.717, 1.165) is 18.5 Å². The third-order valence-corrected chi connectivity index (χ3v) is 6.87. The number of aromatic nitrogens is 6. The summed E-state index contributed by atoms with van der Waals surface area (Å²) in [6.45, 7) is 6.59. The molecule has 1 aromatic carbocycles. The molecule has 1 aliphatic rings. The van der Waals surface area contributed by atoms with Gasteiger partial charge in [0.1, 0.15) is 0 Å². The predicted molar refractivity (Wildman–Crippen MR) is 127 cm³/mol. The van der Waals surface area contributed by atoms with E-state index in [-0.39, 0.29) is 23.7 Å². The van der Waals surface area contributed by atoms with Crippen LogP contribution in [0.1, 0.15) is 51.4 Å². The summed E-state index contributed by atoms with van der Waals surface area (Å²) in [6.07, 6.45) is 5.18. The number of aliphatic hydroxyl groups is 1. The maximum Gasteiger partial charge on any atom is 0.223 e. The Morgan fingerprint density at radius 1 is 1.24 bits per heavy atom. The molecule has 180 valence electrons. The Bertz CT molecular complexity index is 1350. The molecule has 3 aromatic heterocycles. The summed E-state index contributed by atoms with van der Waals surface area (Å²) in [5.41, 5.74) is 8.13. The van der Waals surface area contributed by atoms with Gasteiger partial charge in [0.15, 0.2) is 23.0 Å². The maximum absolute atomic E-state index is 14.4. The number of aliphatic hydroxyl groups excluding tert-OH is 1. The summed E-state index contributed by atoms with van der Waals surface area (Å²) in [7, 11) is 1.41. The Labute approximate surface area is 196 Å². The number of methoxy groups -OCH3 is 1. The SMILES string of the molecule is COc1cc2nc(N)n3nc([C@@H]4CC[C@H](C)N(c5cnn(C(C)C(C)O)c5)C4)nc3c2cc1F. The standard InChI is InChI=1S/C23H29FN8O2/c1-12-5-6-15(10-30(12)16-9-26-31(11-16)13(2)14(3)33)21-28-22-17-7-18(24)20(34-4)8-19(17)27-23(25)32(22)29-21/h7-9,11-15,33H,5-6,10H2,1-4H3,(H2,25,27)/t12-,13?,14?,15+/m0/s1. The monoisotopic (exact) mass is 468 g/mol. The van der Waals surface area contributed by atoms with Gasteiger partial charge in [-0.2, -0.15) is 9.61 Å². The van der Waals surface area contributed by atoms with Crippen LogP contribution in [0.25, 0.3) is 16.6 Å². The largest absolute Gasteiger partial charge is 0.494 e. The van der Waals surface area contributed by atoms with Crippen LogP contribution in [0, 0.1) is 5.82 Å². The van der Waals surface area contributed by atoms with E-state index in [0.29, 0.717) is 35.0 Å². The van der Waals surface area contributed by atoms with Gasteiger partial charge in [-0.05, 0) is 39.7 Å². The molecule has 1 fully saturated rings. The molecule has 4 aromatic rings. The lowest BCUT2D eigenvalue weighted by molar-refractivity contribution is 0.132. The number of nitrogen functional groups attached to an aromatic ring is 1. The van der Waals surface area contributed by atoms with Crippen LogP contribution in [0.3, 0.4) is 0 Å². The minimum Gasteiger partial charge on any atom is -0.494 e. The second kappa shape index (κ2) is 8.39. The molecule has 1 aliphatic heterocycles. The first-order valence-corrected chi connectivity index (χ1v) is 11.4. The molecule has 0 bridgehead atoms. The molecule has 0 saturated carbocycles. The lowest BCUT2D eigenvalue weighted by atomic mass is 9.92. The van der Waals surface area contributed by atoms with Gasteiger partial charge in [0.2, 0.25) is 5.95 Å². The molecule has 4 heterocycles. The molecule has 2 unspecified atom stereocenters. The van der Waals surface area contributed by atoms with Gasteiger partial charge < -0.3 is 20.5 Å². The number of nitrogens with two attached hydrogens (primary N) is 1. The predicted octanol–water partition coefficient (Wildman–Crippen LogP) is 2.92. The van der Waals surface area contributed by atoms with Gasteiger partial charge >= 0.3 is 0 Å². The molecular formula is C23H29FN8O2. The lowest BCUT2D eigenvalue weighted by Crippen LogP contribution is -2.41. The molecule has 1 saturated heterocycles. The Balaban J connectivity index is 1.49. The van der Waals surface area contributed by atoms with Crippen LogP contribution in [0.5, 0.6) is 5.75 Å². The Kier molecular flexibility index (Phi) is 5.51. The van der Waals surface area contributed by atoms with Gasteiger partial charge in [-0.15, -0.1) is 5.10 Å². The Morgan fingerprint density at radius 2 is 2.03 bits per heavy atom. The molecule has 4 atom stereocenters. The van der Waals surface area contributed by atoms with Gasteiger partial charge in [-0.1, -0.05) is 0 Å². The summed E-state index contributed by atoms with van der Waals surface area (Å²) >= 11 is 0. The van der Waals surface area contributed by atoms with E-state index >= 15 is 0 Å². The van der Waals surface area contributed by atoms with Crippen LogP contribution in [-0.2, 0) is 0 Å². The number of rotatable bonds is 5. The first kappa shape index (κ1) is 22.3. The zero-order valence-electron chi connectivity index (χ0n) is 19.7. The Morgan fingerprint density at radius 3 is 2.76 bits per heavy atom. The van der Waals surface area contributed by atoms with E-state index in [1.165, 1.54) is 23.8 Å². The number of piperidine rings is 1. The van der Waals surface area contributed by atoms with Crippen molar-refractivity contribution in [2.24, 2.45) is 0 Å². The summed E-state index contributed by atoms with van der Waals surface area (Å²) in [4.78, 5) is 11.4. The normalized spacial score (nSPS) is 20.7. The summed E-state index contributed by atoms with van der Waals surface area (Å²) in [6, 6.07) is 3.08. The molecule has 5 rings (SSSR count). The second-order valence-electron chi connectivity index (χ2n) is 9.11. The maximum atomic E-state index is 14.4. The lowest BCUT2D eigenvalue weighted by Gasteiger charge is -2.37. The van der Waals surface area contributed by atoms with Crippen molar-refractivity contribution in [2.45, 2.75) is 57.7 Å². The second-order valence-corrected chi connectivity index (χ2v) is 9.11. The van der Waals surface area contributed by atoms with Crippen molar-refractivity contribution in [3.63, 3.8) is 0 Å². The molecule has 0 aliphatic carbocycles. The minimum absolute atomic E-state index is 0.0613. The van der Waals surface area contributed by atoms with Crippen molar-refractivity contribution in [1.29, 1.82) is 0 Å². The van der Waals surface area contributed by atoms with Gasteiger partial charge in [0, 0.05) is 36.2 Å². The highest BCUT2D eigenvalue weighted by Crippen LogP contribution is 2.34. The average Bonchev–Trinajstić information content (AvgIpc) is 3.47. The van der Waals surface area contributed by atoms with Gasteiger partial charge in [0.05, 0.1) is 36.7 Å². The highest BCUT2D eigenvalue weighted by atomic mass is 19.1. The number of halogens is 1. The van der Waals surface area contributed by atoms with Crippen molar-refractivity contribution in [3.05, 3.63) is 36.2 Å². The highest BCUT2D eigenvalue weighted by molar-refractivity contribution is 5.93. The van der Waals surface area contributed by atoms with E-state index < -0.39 is 11.9 Å². The highest BCUT2D eigenvalue weighted by Gasteiger charge is 2.31. The number of hydrogen-bond donors (Lipinski definition) is 2. The summed E-state index contributed by atoms with van der Waals surface area (Å²) in [5.74, 6) is 0.509. The van der Waals surface area contributed by atoms with Gasteiger partial charge in [0.25, 0.3) is 0 Å². The van der Waals surface area contributed by atoms with Crippen molar-refractivity contribution in [3.8, 4) is 5.75 Å². The fourth-order valence-electron chi connectivity index (χ4n) is 4.57. The summed E-state index contributed by atoms with van der Waals surface area (Å²) in [5, 5.41) is 19.5. The fraction of sp³-hybridized carbons (Fsp3) is 0.478. The fourth-order valence-corrected chi connectivity index (χ4v) is 4.57. The number of anilines is 2. The van der Waals surface area contributed by atoms with E-state index in [1.807, 2.05) is 19.3 Å². The van der Waals surface area contributed by atoms with Crippen molar-refractivity contribution in [2.75, 3.05) is 24.3 Å². The topological polar surface area (TPSA) is 120 Å². The minimum atomic E-state index is -0.500. The average molecular weight is 469 g/mol. The third kappa shape index (κ3) is 3.69. The number of hydrogen-bond acceptors (Lipinski definition) is 8. The number of fused-ring (bicyclic) bond motifs is 3. The molecule has 34 heavy (non-hydrogen) atoms. The van der Waals surface area contributed by atoms with E-state index in [4.69, 9.17) is 15.5 Å². The Hall–Kier alpha value is -3.47. The molecule has 3 N–H and O–H groups in total. The van der Waals surface area contributed by atoms with Crippen molar-refractivity contribution >= 4 is 28.2 Å². The zero-order chi connectivity index (χ0) is 24.1. The third-order valence-electron chi connectivity index (χ3n) is 6.87. The van der Waals surface area contributed by atoms with Crippen molar-refractivity contribution in [1.82, 2.24) is 29.4 Å². The van der Waals surface area contributed by atoms with Crippen LogP contribution in [-0.4, -0.2) is 60.3 Å². The smallest absolute Gasteiger partial charge is 0.223 e. The first-order chi connectivity index (χ1) is 16.3. The van der Waals surface area contributed by atoms with Crippen LogP contribution in [0.4, 0.5) is 16.0 Å². The van der Waals surface area contributed by atoms with Crippen molar-refractivity contribution < 1.29 is 14.2 Å². The van der Waals surface area contributed by atoms with Crippen LogP contribution < -0.4 is 15.4 Å². The molecule has 0 spiro atoms. The van der Waals surface area contributed by atoms with E-state index in [2.05, 4.69) is 27.0 Å². The number of nitrogens with zero attached hydrogens (tertiary/aromatic N) is 7. The summed E-state index contributed by atoms with van der Waals surface area (Å²) < 4.78 is 22.8. The van der Waals surface area contributed by atoms with E-state index in [9.17, 15) is 9.50 Å². The molecular weight excluding hydrogens is 439 g/mol. The number of ether oxygens (including phenoxy) is 1. The molecule has 0 radical (unpaired) electrons. The quantitative estimate of drug-likeness (QED) is 0.459. The molecule has 11 heteroatoms. The molecule has 0 amide bonds. The van der Waals surface area contributed by atoms with Crippen LogP contribution in [0.2, 0.25) is 0 Å². The molecule has 10 nitrogen and oxygen atoms in total. The zero-order valence-corrected chi connectivity index (χ0v) is 19.7. The van der Waals surface area contributed by atoms with Gasteiger partial charge in [-0.25, -0.2) is 14.4 Å². The van der Waals surface area contributed by atoms with E-state index in [1.54, 1.807) is 11.6 Å². The first-order valence-electron chi connectivity index (χ1n) is 11.4. The van der Waals surface area contributed by atoms with Crippen LogP contribution in [0.15, 0.2) is 24.5 Å². The number of benzene rings is 1.